The van der Waals surface area contributed by atoms with Gasteiger partial charge in [0.2, 0.25) is 11.8 Å². The highest BCUT2D eigenvalue weighted by atomic mass is 35.5. The second-order valence-electron chi connectivity index (χ2n) is 5.23. The lowest BCUT2D eigenvalue weighted by atomic mass is 10.2. The van der Waals surface area contributed by atoms with Crippen LogP contribution in [0.3, 0.4) is 0 Å². The van der Waals surface area contributed by atoms with E-state index in [1.54, 1.807) is 42.5 Å². The highest BCUT2D eigenvalue weighted by Crippen LogP contribution is 2.28. The number of rotatable bonds is 6. The Morgan fingerprint density at radius 3 is 2.67 bits per heavy atom. The normalized spacial score (nSPS) is 10.4. The second kappa shape index (κ2) is 8.70. The lowest BCUT2D eigenvalue weighted by Gasteiger charge is -2.08. The summed E-state index contributed by atoms with van der Waals surface area (Å²) in [7, 11) is 1.28. The third-order valence-corrected chi connectivity index (χ3v) is 4.59. The Labute approximate surface area is 164 Å². The van der Waals surface area contributed by atoms with Crippen molar-refractivity contribution in [2.75, 3.05) is 18.2 Å². The molecule has 2 aromatic carbocycles. The number of benzene rings is 2. The van der Waals surface area contributed by atoms with Gasteiger partial charge in [-0.3, -0.25) is 4.79 Å². The number of carbonyl (C=O) groups is 2. The Hall–Kier alpha value is -2.84. The number of nitrogens with zero attached hydrogens (tertiary/aromatic N) is 2. The summed E-state index contributed by atoms with van der Waals surface area (Å²) >= 11 is 7.18. The van der Waals surface area contributed by atoms with Gasteiger partial charge >= 0.3 is 5.97 Å². The van der Waals surface area contributed by atoms with E-state index in [1.807, 2.05) is 6.07 Å². The largest absolute Gasteiger partial charge is 0.465 e. The molecule has 9 heteroatoms. The maximum absolute atomic E-state index is 12.2. The number of hydrogen-bond acceptors (Lipinski definition) is 7. The van der Waals surface area contributed by atoms with E-state index in [0.717, 1.165) is 11.8 Å². The fraction of sp³-hybridized carbons (Fsp3) is 0.111. The number of anilines is 1. The van der Waals surface area contributed by atoms with Crippen LogP contribution < -0.4 is 5.32 Å². The summed E-state index contributed by atoms with van der Waals surface area (Å²) in [5.74, 6) is -0.548. The van der Waals surface area contributed by atoms with Gasteiger partial charge in [-0.25, -0.2) is 4.79 Å². The monoisotopic (exact) mass is 403 g/mol. The molecule has 0 spiro atoms. The molecule has 1 aromatic heterocycles. The summed E-state index contributed by atoms with van der Waals surface area (Å²) in [5.41, 5.74) is 1.27. The van der Waals surface area contributed by atoms with E-state index in [1.165, 1.54) is 7.11 Å². The van der Waals surface area contributed by atoms with E-state index >= 15 is 0 Å². The van der Waals surface area contributed by atoms with Gasteiger partial charge in [0.25, 0.3) is 5.22 Å². The van der Waals surface area contributed by atoms with Gasteiger partial charge in [-0.05, 0) is 24.3 Å². The van der Waals surface area contributed by atoms with E-state index in [4.69, 9.17) is 20.8 Å². The molecule has 7 nitrogen and oxygen atoms in total. The molecule has 27 heavy (non-hydrogen) atoms. The number of thioether (sulfide) groups is 1. The van der Waals surface area contributed by atoms with Crippen LogP contribution in [0.4, 0.5) is 5.69 Å². The number of hydrogen-bond donors (Lipinski definition) is 1. The van der Waals surface area contributed by atoms with Gasteiger partial charge in [-0.2, -0.15) is 0 Å². The molecule has 3 rings (SSSR count). The van der Waals surface area contributed by atoms with Crippen molar-refractivity contribution in [1.29, 1.82) is 0 Å². The molecule has 0 aliphatic heterocycles. The SMILES string of the molecule is COC(=O)c1ccccc1NC(=O)CSc1nnc(-c2ccccc2Cl)o1. The third kappa shape index (κ3) is 4.66. The molecule has 1 heterocycles. The van der Waals surface area contributed by atoms with Crippen molar-refractivity contribution >= 4 is 40.9 Å². The van der Waals surface area contributed by atoms with Crippen molar-refractivity contribution in [2.24, 2.45) is 0 Å². The Morgan fingerprint density at radius 2 is 1.89 bits per heavy atom. The number of aromatic nitrogens is 2. The van der Waals surface area contributed by atoms with Gasteiger partial charge in [0.15, 0.2) is 0 Å². The average Bonchev–Trinajstić information content (AvgIpc) is 3.15. The van der Waals surface area contributed by atoms with Crippen LogP contribution in [0.5, 0.6) is 0 Å². The van der Waals surface area contributed by atoms with Crippen LogP contribution in [0.15, 0.2) is 58.2 Å². The van der Waals surface area contributed by atoms with E-state index < -0.39 is 5.97 Å². The zero-order valence-electron chi connectivity index (χ0n) is 14.1. The predicted molar refractivity (Wildman–Crippen MR) is 102 cm³/mol. The predicted octanol–water partition coefficient (Wildman–Crippen LogP) is 3.91. The highest BCUT2D eigenvalue weighted by molar-refractivity contribution is 7.99. The molecule has 138 valence electrons. The van der Waals surface area contributed by atoms with Gasteiger partial charge in [-0.15, -0.1) is 10.2 Å². The summed E-state index contributed by atoms with van der Waals surface area (Å²) in [6.45, 7) is 0. The molecule has 0 aliphatic carbocycles. The van der Waals surface area contributed by atoms with Crippen LogP contribution in [0.1, 0.15) is 10.4 Å². The number of ether oxygens (including phenoxy) is 1. The summed E-state index contributed by atoms with van der Waals surface area (Å²) in [5, 5.41) is 11.3. The van der Waals surface area contributed by atoms with Crippen molar-refractivity contribution in [2.45, 2.75) is 5.22 Å². The maximum Gasteiger partial charge on any atom is 0.339 e. The number of nitrogens with one attached hydrogen (secondary N) is 1. The molecule has 0 unspecified atom stereocenters. The fourth-order valence-electron chi connectivity index (χ4n) is 2.21. The number of methoxy groups -OCH3 is 1. The van der Waals surface area contributed by atoms with Gasteiger partial charge in [0.1, 0.15) is 0 Å². The standard InChI is InChI=1S/C18H14ClN3O4S/c1-25-17(24)12-7-3-5-9-14(12)20-15(23)10-27-18-22-21-16(26-18)11-6-2-4-8-13(11)19/h2-9H,10H2,1H3,(H,20,23). The first-order chi connectivity index (χ1) is 13.1. The van der Waals surface area contributed by atoms with Crippen LogP contribution in [0.2, 0.25) is 5.02 Å². The molecule has 0 fully saturated rings. The first kappa shape index (κ1) is 18.9. The molecular formula is C18H14ClN3O4S. The average molecular weight is 404 g/mol. The molecule has 0 saturated heterocycles. The molecule has 0 saturated carbocycles. The minimum atomic E-state index is -0.528. The lowest BCUT2D eigenvalue weighted by molar-refractivity contribution is -0.113. The van der Waals surface area contributed by atoms with Crippen molar-refractivity contribution in [1.82, 2.24) is 10.2 Å². The van der Waals surface area contributed by atoms with Crippen LogP contribution in [0, 0.1) is 0 Å². The summed E-state index contributed by atoms with van der Waals surface area (Å²) in [6, 6.07) is 13.7. The van der Waals surface area contributed by atoms with Crippen LogP contribution in [0.25, 0.3) is 11.5 Å². The van der Waals surface area contributed by atoms with Crippen LogP contribution >= 0.6 is 23.4 Å². The minimum Gasteiger partial charge on any atom is -0.465 e. The van der Waals surface area contributed by atoms with E-state index in [9.17, 15) is 9.59 Å². The lowest BCUT2D eigenvalue weighted by Crippen LogP contribution is -2.17. The Balaban J connectivity index is 1.62. The zero-order chi connectivity index (χ0) is 19.2. The molecule has 0 aliphatic rings. The van der Waals surface area contributed by atoms with Gasteiger partial charge < -0.3 is 14.5 Å². The van der Waals surface area contributed by atoms with E-state index in [2.05, 4.69) is 15.5 Å². The van der Waals surface area contributed by atoms with Crippen LogP contribution in [-0.2, 0) is 9.53 Å². The number of carbonyl (C=O) groups excluding carboxylic acids is 2. The molecule has 1 N–H and O–H groups in total. The zero-order valence-corrected chi connectivity index (χ0v) is 15.7. The van der Waals surface area contributed by atoms with Gasteiger partial charge in [0, 0.05) is 0 Å². The second-order valence-corrected chi connectivity index (χ2v) is 6.56. The van der Waals surface area contributed by atoms with E-state index in [-0.39, 0.29) is 28.3 Å². The Kier molecular flexibility index (Phi) is 6.10. The molecule has 0 atom stereocenters. The number of halogens is 1. The van der Waals surface area contributed by atoms with Gasteiger partial charge in [0.05, 0.1) is 34.7 Å². The first-order valence-electron chi connectivity index (χ1n) is 7.77. The molecule has 3 aromatic rings. The number of esters is 1. The van der Waals surface area contributed by atoms with E-state index in [0.29, 0.717) is 16.3 Å². The first-order valence-corrected chi connectivity index (χ1v) is 9.13. The maximum atomic E-state index is 12.2. The Morgan fingerprint density at radius 1 is 1.15 bits per heavy atom. The van der Waals surface area contributed by atoms with Crippen molar-refractivity contribution < 1.29 is 18.7 Å². The molecule has 0 radical (unpaired) electrons. The van der Waals surface area contributed by atoms with Crippen LogP contribution in [-0.4, -0.2) is 34.9 Å². The van der Waals surface area contributed by atoms with Gasteiger partial charge in [-0.1, -0.05) is 47.6 Å². The smallest absolute Gasteiger partial charge is 0.339 e. The van der Waals surface area contributed by atoms with Crippen molar-refractivity contribution in [3.8, 4) is 11.5 Å². The van der Waals surface area contributed by atoms with Crippen molar-refractivity contribution in [3.63, 3.8) is 0 Å². The minimum absolute atomic E-state index is 0.0274. The Bertz CT molecular complexity index is 977. The third-order valence-electron chi connectivity index (χ3n) is 3.44. The highest BCUT2D eigenvalue weighted by Gasteiger charge is 2.16. The summed E-state index contributed by atoms with van der Waals surface area (Å²) in [6.07, 6.45) is 0. The number of amides is 1. The molecule has 1 amide bonds. The topological polar surface area (TPSA) is 94.3 Å². The molecular weight excluding hydrogens is 390 g/mol. The quantitative estimate of drug-likeness (QED) is 0.492. The summed E-state index contributed by atoms with van der Waals surface area (Å²) < 4.78 is 10.2. The molecule has 0 bridgehead atoms. The van der Waals surface area contributed by atoms with Crippen molar-refractivity contribution in [3.05, 3.63) is 59.1 Å². The fourth-order valence-corrected chi connectivity index (χ4v) is 2.98. The number of para-hydroxylation sites is 1. The summed E-state index contributed by atoms with van der Waals surface area (Å²) in [4.78, 5) is 23.9.